The van der Waals surface area contributed by atoms with Crippen molar-refractivity contribution in [1.29, 1.82) is 0 Å². The van der Waals surface area contributed by atoms with E-state index < -0.39 is 0 Å². The Balaban J connectivity index is 1.47. The van der Waals surface area contributed by atoms with Crippen molar-refractivity contribution in [3.63, 3.8) is 0 Å². The highest BCUT2D eigenvalue weighted by Crippen LogP contribution is 2.17. The summed E-state index contributed by atoms with van der Waals surface area (Å²) in [5, 5.41) is 2.80. The van der Waals surface area contributed by atoms with E-state index in [1.54, 1.807) is 18.3 Å². The molecule has 6 nitrogen and oxygen atoms in total. The third kappa shape index (κ3) is 3.90. The molecule has 0 spiro atoms. The highest BCUT2D eigenvalue weighted by atomic mass is 16.3. The van der Waals surface area contributed by atoms with E-state index >= 15 is 0 Å². The Morgan fingerprint density at radius 2 is 2.17 bits per heavy atom. The highest BCUT2D eigenvalue weighted by Gasteiger charge is 2.07. The van der Waals surface area contributed by atoms with Crippen LogP contribution in [-0.4, -0.2) is 22.0 Å². The van der Waals surface area contributed by atoms with E-state index in [0.717, 1.165) is 23.1 Å². The number of hydrogen-bond acceptors (Lipinski definition) is 4. The Kier molecular flexibility index (Phi) is 4.74. The van der Waals surface area contributed by atoms with E-state index in [1.807, 2.05) is 25.1 Å². The molecule has 24 heavy (non-hydrogen) atoms. The SMILES string of the molecule is Cc1ccc2nc(CCCNC(=O)Cn3ccccc3=O)oc2c1. The van der Waals surface area contributed by atoms with Gasteiger partial charge < -0.3 is 14.3 Å². The normalized spacial score (nSPS) is 10.9. The topological polar surface area (TPSA) is 77.1 Å². The maximum absolute atomic E-state index is 11.8. The summed E-state index contributed by atoms with van der Waals surface area (Å²) in [5.41, 5.74) is 2.59. The van der Waals surface area contributed by atoms with Crippen LogP contribution in [0.1, 0.15) is 17.9 Å². The number of aromatic nitrogens is 2. The summed E-state index contributed by atoms with van der Waals surface area (Å²) in [6.07, 6.45) is 2.97. The standard InChI is InChI=1S/C18H19N3O3/c1-13-7-8-14-15(11-13)24-17(20-14)5-4-9-19-16(22)12-21-10-3-2-6-18(21)23/h2-3,6-8,10-11H,4-5,9,12H2,1H3,(H,19,22). The molecule has 1 aromatic carbocycles. The Morgan fingerprint density at radius 1 is 1.29 bits per heavy atom. The molecule has 0 saturated carbocycles. The largest absolute Gasteiger partial charge is 0.441 e. The number of rotatable bonds is 6. The van der Waals surface area contributed by atoms with Crippen molar-refractivity contribution in [2.75, 3.05) is 6.54 Å². The lowest BCUT2D eigenvalue weighted by molar-refractivity contribution is -0.121. The molecule has 0 radical (unpaired) electrons. The van der Waals surface area contributed by atoms with Crippen LogP contribution in [0.5, 0.6) is 0 Å². The number of amides is 1. The lowest BCUT2D eigenvalue weighted by atomic mass is 10.2. The summed E-state index contributed by atoms with van der Waals surface area (Å²) in [6.45, 7) is 2.55. The number of carbonyl (C=O) groups excluding carboxylic acids is 1. The summed E-state index contributed by atoms with van der Waals surface area (Å²) in [4.78, 5) is 27.8. The molecule has 0 unspecified atom stereocenters. The number of oxazole rings is 1. The van der Waals surface area contributed by atoms with Gasteiger partial charge in [0.2, 0.25) is 5.91 Å². The third-order valence-electron chi connectivity index (χ3n) is 3.69. The number of carbonyl (C=O) groups is 1. The van der Waals surface area contributed by atoms with Crippen LogP contribution in [-0.2, 0) is 17.8 Å². The smallest absolute Gasteiger partial charge is 0.250 e. The molecule has 0 aliphatic carbocycles. The van der Waals surface area contributed by atoms with E-state index in [9.17, 15) is 9.59 Å². The fraction of sp³-hybridized carbons (Fsp3) is 0.278. The fourth-order valence-electron chi connectivity index (χ4n) is 2.46. The molecule has 6 heteroatoms. The van der Waals surface area contributed by atoms with Crippen molar-refractivity contribution in [3.05, 3.63) is 64.4 Å². The van der Waals surface area contributed by atoms with E-state index in [4.69, 9.17) is 4.42 Å². The molecular weight excluding hydrogens is 306 g/mol. The molecule has 3 aromatic rings. The summed E-state index contributed by atoms with van der Waals surface area (Å²) in [7, 11) is 0. The second-order valence-corrected chi connectivity index (χ2v) is 5.70. The Hall–Kier alpha value is -2.89. The van der Waals surface area contributed by atoms with Gasteiger partial charge in [0.05, 0.1) is 0 Å². The first-order valence-electron chi connectivity index (χ1n) is 7.90. The van der Waals surface area contributed by atoms with Gasteiger partial charge in [0.25, 0.3) is 5.56 Å². The Bertz CT molecular complexity index is 911. The number of aryl methyl sites for hydroxylation is 2. The molecule has 2 heterocycles. The molecule has 0 atom stereocenters. The minimum absolute atomic E-state index is 0.0296. The first-order chi connectivity index (χ1) is 11.6. The summed E-state index contributed by atoms with van der Waals surface area (Å²) < 4.78 is 7.07. The van der Waals surface area contributed by atoms with Crippen LogP contribution in [0.3, 0.4) is 0 Å². The van der Waals surface area contributed by atoms with Crippen molar-refractivity contribution in [2.24, 2.45) is 0 Å². The zero-order valence-electron chi connectivity index (χ0n) is 13.5. The lowest BCUT2D eigenvalue weighted by Gasteiger charge is -2.06. The first-order valence-corrected chi connectivity index (χ1v) is 7.90. The summed E-state index contributed by atoms with van der Waals surface area (Å²) in [5.74, 6) is 0.487. The molecule has 1 N–H and O–H groups in total. The van der Waals surface area contributed by atoms with Gasteiger partial charge in [-0.05, 0) is 37.1 Å². The number of pyridine rings is 1. The minimum atomic E-state index is -0.186. The van der Waals surface area contributed by atoms with E-state index in [-0.39, 0.29) is 18.0 Å². The van der Waals surface area contributed by atoms with Gasteiger partial charge in [0.15, 0.2) is 11.5 Å². The van der Waals surface area contributed by atoms with Gasteiger partial charge in [-0.1, -0.05) is 12.1 Å². The molecule has 0 fully saturated rings. The molecule has 0 aliphatic rings. The van der Waals surface area contributed by atoms with E-state index in [2.05, 4.69) is 10.3 Å². The van der Waals surface area contributed by atoms with Gasteiger partial charge in [-0.3, -0.25) is 9.59 Å². The minimum Gasteiger partial charge on any atom is -0.441 e. The third-order valence-corrected chi connectivity index (χ3v) is 3.69. The van der Waals surface area contributed by atoms with Crippen LogP contribution < -0.4 is 10.9 Å². The predicted molar refractivity (Wildman–Crippen MR) is 90.8 cm³/mol. The first kappa shape index (κ1) is 16.0. The van der Waals surface area contributed by atoms with Gasteiger partial charge in [-0.25, -0.2) is 4.98 Å². The Morgan fingerprint density at radius 3 is 3.00 bits per heavy atom. The van der Waals surface area contributed by atoms with Crippen LogP contribution in [0.2, 0.25) is 0 Å². The molecule has 0 saturated heterocycles. The summed E-state index contributed by atoms with van der Waals surface area (Å²) in [6, 6.07) is 10.7. The van der Waals surface area contributed by atoms with Crippen molar-refractivity contribution >= 4 is 17.0 Å². The van der Waals surface area contributed by atoms with Gasteiger partial charge in [0, 0.05) is 25.2 Å². The second-order valence-electron chi connectivity index (χ2n) is 5.70. The molecule has 1 amide bonds. The number of hydrogen-bond donors (Lipinski definition) is 1. The lowest BCUT2D eigenvalue weighted by Crippen LogP contribution is -2.32. The van der Waals surface area contributed by atoms with Gasteiger partial charge >= 0.3 is 0 Å². The van der Waals surface area contributed by atoms with Crippen molar-refractivity contribution in [1.82, 2.24) is 14.9 Å². The molecule has 2 aromatic heterocycles. The van der Waals surface area contributed by atoms with Crippen molar-refractivity contribution in [2.45, 2.75) is 26.3 Å². The molecule has 3 rings (SSSR count). The summed E-state index contributed by atoms with van der Waals surface area (Å²) >= 11 is 0. The number of fused-ring (bicyclic) bond motifs is 1. The van der Waals surface area contributed by atoms with Gasteiger partial charge in [-0.2, -0.15) is 0 Å². The molecular formula is C18H19N3O3. The zero-order valence-corrected chi connectivity index (χ0v) is 13.5. The van der Waals surface area contributed by atoms with Crippen LogP contribution in [0.4, 0.5) is 0 Å². The van der Waals surface area contributed by atoms with E-state index in [0.29, 0.717) is 18.9 Å². The zero-order chi connectivity index (χ0) is 16.9. The maximum atomic E-state index is 11.8. The van der Waals surface area contributed by atoms with Crippen molar-refractivity contribution < 1.29 is 9.21 Å². The fourth-order valence-corrected chi connectivity index (χ4v) is 2.46. The van der Waals surface area contributed by atoms with Crippen LogP contribution >= 0.6 is 0 Å². The Labute approximate surface area is 139 Å². The monoisotopic (exact) mass is 325 g/mol. The molecule has 0 bridgehead atoms. The van der Waals surface area contributed by atoms with E-state index in [1.165, 1.54) is 10.6 Å². The second kappa shape index (κ2) is 7.12. The highest BCUT2D eigenvalue weighted by molar-refractivity contribution is 5.75. The number of benzene rings is 1. The molecule has 124 valence electrons. The van der Waals surface area contributed by atoms with Crippen LogP contribution in [0.25, 0.3) is 11.1 Å². The van der Waals surface area contributed by atoms with Gasteiger partial charge in [0.1, 0.15) is 12.1 Å². The number of nitrogens with one attached hydrogen (secondary N) is 1. The predicted octanol–water partition coefficient (Wildman–Crippen LogP) is 2.05. The van der Waals surface area contributed by atoms with Crippen LogP contribution in [0, 0.1) is 6.92 Å². The number of nitrogens with zero attached hydrogens (tertiary/aromatic N) is 2. The maximum Gasteiger partial charge on any atom is 0.250 e. The molecule has 0 aliphatic heterocycles. The van der Waals surface area contributed by atoms with Crippen LogP contribution in [0.15, 0.2) is 51.8 Å². The quantitative estimate of drug-likeness (QED) is 0.704. The average molecular weight is 325 g/mol. The average Bonchev–Trinajstić information content (AvgIpc) is 2.95. The van der Waals surface area contributed by atoms with Crippen molar-refractivity contribution in [3.8, 4) is 0 Å². The van der Waals surface area contributed by atoms with Gasteiger partial charge in [-0.15, -0.1) is 0 Å².